The summed E-state index contributed by atoms with van der Waals surface area (Å²) in [5, 5.41) is 0. The fraction of sp³-hybridized carbons (Fsp3) is 0.533. The number of rotatable bonds is 4. The Morgan fingerprint density at radius 2 is 2.26 bits per heavy atom. The van der Waals surface area contributed by atoms with Gasteiger partial charge in [-0.15, -0.1) is 0 Å². The molecule has 1 aliphatic heterocycles. The molecule has 0 radical (unpaired) electrons. The SMILES string of the molecule is COc1ccccc1C1CCCN1C(=O)C(C)CN. The highest BCUT2D eigenvalue weighted by Crippen LogP contribution is 2.37. The van der Waals surface area contributed by atoms with Crippen molar-refractivity contribution in [3.63, 3.8) is 0 Å². The standard InChI is InChI=1S/C15H22N2O2/c1-11(10-16)15(18)17-9-5-7-13(17)12-6-3-4-8-14(12)19-2/h3-4,6,8,11,13H,5,7,9-10,16H2,1-2H3. The lowest BCUT2D eigenvalue weighted by Crippen LogP contribution is -2.37. The normalized spacial score (nSPS) is 20.4. The minimum Gasteiger partial charge on any atom is -0.496 e. The number of hydrogen-bond acceptors (Lipinski definition) is 3. The van der Waals surface area contributed by atoms with E-state index in [1.165, 1.54) is 0 Å². The molecule has 2 rings (SSSR count). The van der Waals surface area contributed by atoms with Crippen molar-refractivity contribution < 1.29 is 9.53 Å². The molecule has 0 spiro atoms. The van der Waals surface area contributed by atoms with Crippen LogP contribution in [0.15, 0.2) is 24.3 Å². The average molecular weight is 262 g/mol. The zero-order valence-corrected chi connectivity index (χ0v) is 11.6. The third-order valence-corrected chi connectivity index (χ3v) is 3.81. The molecule has 2 N–H and O–H groups in total. The fourth-order valence-corrected chi connectivity index (χ4v) is 2.68. The van der Waals surface area contributed by atoms with E-state index < -0.39 is 0 Å². The summed E-state index contributed by atoms with van der Waals surface area (Å²) >= 11 is 0. The molecule has 1 fully saturated rings. The van der Waals surface area contributed by atoms with Crippen molar-refractivity contribution in [2.45, 2.75) is 25.8 Å². The molecular formula is C15H22N2O2. The van der Waals surface area contributed by atoms with Gasteiger partial charge in [0.05, 0.1) is 13.2 Å². The number of benzene rings is 1. The summed E-state index contributed by atoms with van der Waals surface area (Å²) < 4.78 is 5.41. The van der Waals surface area contributed by atoms with Crippen molar-refractivity contribution in [1.29, 1.82) is 0 Å². The number of methoxy groups -OCH3 is 1. The minimum absolute atomic E-state index is 0.115. The lowest BCUT2D eigenvalue weighted by Gasteiger charge is -2.28. The van der Waals surface area contributed by atoms with Crippen LogP contribution in [0.25, 0.3) is 0 Å². The van der Waals surface area contributed by atoms with Gasteiger partial charge in [0.15, 0.2) is 0 Å². The molecule has 2 unspecified atom stereocenters. The summed E-state index contributed by atoms with van der Waals surface area (Å²) in [6, 6.07) is 8.06. The number of ether oxygens (including phenoxy) is 1. The molecule has 2 atom stereocenters. The molecule has 0 saturated carbocycles. The number of hydrogen-bond donors (Lipinski definition) is 1. The number of para-hydroxylation sites is 1. The fourth-order valence-electron chi connectivity index (χ4n) is 2.68. The second kappa shape index (κ2) is 6.06. The Morgan fingerprint density at radius 1 is 1.53 bits per heavy atom. The first-order valence-corrected chi connectivity index (χ1v) is 6.82. The Morgan fingerprint density at radius 3 is 2.95 bits per heavy atom. The summed E-state index contributed by atoms with van der Waals surface area (Å²) in [6.07, 6.45) is 2.02. The smallest absolute Gasteiger partial charge is 0.227 e. The van der Waals surface area contributed by atoms with Gasteiger partial charge in [-0.25, -0.2) is 0 Å². The Bertz CT molecular complexity index is 448. The Labute approximate surface area is 114 Å². The van der Waals surface area contributed by atoms with E-state index in [-0.39, 0.29) is 17.9 Å². The molecule has 4 heteroatoms. The van der Waals surface area contributed by atoms with Crippen molar-refractivity contribution in [3.8, 4) is 5.75 Å². The van der Waals surface area contributed by atoms with Gasteiger partial charge in [-0.3, -0.25) is 4.79 Å². The van der Waals surface area contributed by atoms with Gasteiger partial charge in [0, 0.05) is 24.6 Å². The van der Waals surface area contributed by atoms with Crippen LogP contribution < -0.4 is 10.5 Å². The highest BCUT2D eigenvalue weighted by Gasteiger charge is 2.33. The van der Waals surface area contributed by atoms with Gasteiger partial charge in [0.1, 0.15) is 5.75 Å². The summed E-state index contributed by atoms with van der Waals surface area (Å²) in [4.78, 5) is 14.3. The molecule has 104 valence electrons. The monoisotopic (exact) mass is 262 g/mol. The summed E-state index contributed by atoms with van der Waals surface area (Å²) in [5.74, 6) is 0.888. The van der Waals surface area contributed by atoms with Gasteiger partial charge >= 0.3 is 0 Å². The van der Waals surface area contributed by atoms with Crippen LogP contribution >= 0.6 is 0 Å². The molecule has 1 saturated heterocycles. The Kier molecular flexibility index (Phi) is 4.43. The molecule has 0 aromatic heterocycles. The molecule has 0 bridgehead atoms. The van der Waals surface area contributed by atoms with Crippen LogP contribution in [0.5, 0.6) is 5.75 Å². The third-order valence-electron chi connectivity index (χ3n) is 3.81. The highest BCUT2D eigenvalue weighted by molar-refractivity contribution is 5.79. The summed E-state index contributed by atoms with van der Waals surface area (Å²) in [6.45, 7) is 3.10. The van der Waals surface area contributed by atoms with Gasteiger partial charge in [-0.1, -0.05) is 25.1 Å². The predicted octanol–water partition coefficient (Wildman–Crippen LogP) is 1.95. The van der Waals surface area contributed by atoms with Crippen molar-refractivity contribution in [2.75, 3.05) is 20.2 Å². The molecule has 19 heavy (non-hydrogen) atoms. The molecule has 0 aliphatic carbocycles. The highest BCUT2D eigenvalue weighted by atomic mass is 16.5. The molecule has 1 amide bonds. The maximum atomic E-state index is 12.4. The Balaban J connectivity index is 2.25. The lowest BCUT2D eigenvalue weighted by atomic mass is 10.0. The number of carbonyl (C=O) groups is 1. The molecule has 4 nitrogen and oxygen atoms in total. The first-order valence-electron chi connectivity index (χ1n) is 6.82. The molecule has 1 aromatic rings. The Hall–Kier alpha value is -1.55. The van der Waals surface area contributed by atoms with Crippen LogP contribution in [0.4, 0.5) is 0 Å². The zero-order valence-electron chi connectivity index (χ0n) is 11.6. The number of amides is 1. The van der Waals surface area contributed by atoms with Crippen LogP contribution in [-0.2, 0) is 4.79 Å². The molecular weight excluding hydrogens is 240 g/mol. The van der Waals surface area contributed by atoms with Gasteiger partial charge in [-0.2, -0.15) is 0 Å². The first-order chi connectivity index (χ1) is 9.19. The van der Waals surface area contributed by atoms with Crippen LogP contribution in [-0.4, -0.2) is 31.0 Å². The summed E-state index contributed by atoms with van der Waals surface area (Å²) in [5.41, 5.74) is 6.71. The largest absolute Gasteiger partial charge is 0.496 e. The quantitative estimate of drug-likeness (QED) is 0.902. The van der Waals surface area contributed by atoms with Gasteiger partial charge in [0.25, 0.3) is 0 Å². The van der Waals surface area contributed by atoms with Gasteiger partial charge in [0.2, 0.25) is 5.91 Å². The van der Waals surface area contributed by atoms with E-state index >= 15 is 0 Å². The average Bonchev–Trinajstić information content (AvgIpc) is 2.94. The first kappa shape index (κ1) is 13.9. The predicted molar refractivity (Wildman–Crippen MR) is 74.9 cm³/mol. The van der Waals surface area contributed by atoms with E-state index in [1.807, 2.05) is 36.1 Å². The lowest BCUT2D eigenvalue weighted by molar-refractivity contribution is -0.135. The van der Waals surface area contributed by atoms with E-state index in [1.54, 1.807) is 7.11 Å². The third kappa shape index (κ3) is 2.73. The van der Waals surface area contributed by atoms with Crippen molar-refractivity contribution in [3.05, 3.63) is 29.8 Å². The number of nitrogens with two attached hydrogens (primary N) is 1. The van der Waals surface area contributed by atoms with Crippen LogP contribution in [0.1, 0.15) is 31.4 Å². The van der Waals surface area contributed by atoms with Crippen molar-refractivity contribution in [1.82, 2.24) is 4.90 Å². The molecule has 1 aromatic carbocycles. The molecule has 1 heterocycles. The van der Waals surface area contributed by atoms with E-state index in [0.717, 1.165) is 30.7 Å². The van der Waals surface area contributed by atoms with Crippen LogP contribution in [0, 0.1) is 5.92 Å². The van der Waals surface area contributed by atoms with Crippen LogP contribution in [0.3, 0.4) is 0 Å². The topological polar surface area (TPSA) is 55.6 Å². The number of nitrogens with zero attached hydrogens (tertiary/aromatic N) is 1. The van der Waals surface area contributed by atoms with Crippen molar-refractivity contribution >= 4 is 5.91 Å². The van der Waals surface area contributed by atoms with E-state index in [4.69, 9.17) is 10.5 Å². The minimum atomic E-state index is -0.115. The maximum absolute atomic E-state index is 12.4. The van der Waals surface area contributed by atoms with Gasteiger partial charge < -0.3 is 15.4 Å². The second-order valence-electron chi connectivity index (χ2n) is 5.07. The van der Waals surface area contributed by atoms with Crippen molar-refractivity contribution in [2.24, 2.45) is 11.7 Å². The summed E-state index contributed by atoms with van der Waals surface area (Å²) in [7, 11) is 1.67. The van der Waals surface area contributed by atoms with E-state index in [9.17, 15) is 4.79 Å². The maximum Gasteiger partial charge on any atom is 0.227 e. The van der Waals surface area contributed by atoms with Gasteiger partial charge in [-0.05, 0) is 18.9 Å². The number of likely N-dealkylation sites (tertiary alicyclic amines) is 1. The second-order valence-corrected chi connectivity index (χ2v) is 5.07. The zero-order chi connectivity index (χ0) is 13.8. The molecule has 1 aliphatic rings. The van der Waals surface area contributed by atoms with E-state index in [2.05, 4.69) is 0 Å². The number of carbonyl (C=O) groups excluding carboxylic acids is 1. The van der Waals surface area contributed by atoms with E-state index in [0.29, 0.717) is 6.54 Å². The van der Waals surface area contributed by atoms with Crippen LogP contribution in [0.2, 0.25) is 0 Å².